The second kappa shape index (κ2) is 8.68. The minimum atomic E-state index is -1.87. The van der Waals surface area contributed by atoms with Crippen molar-refractivity contribution in [1.82, 2.24) is 0 Å². The molecule has 3 rings (SSSR count). The molecule has 164 valence electrons. The van der Waals surface area contributed by atoms with Crippen molar-refractivity contribution < 1.29 is 54.7 Å². The average Bonchev–Trinajstić information content (AvgIpc) is 2.95. The van der Waals surface area contributed by atoms with Gasteiger partial charge in [-0.05, 0) is 24.6 Å². The van der Waals surface area contributed by atoms with Gasteiger partial charge in [0.1, 0.15) is 47.6 Å². The third-order valence-electron chi connectivity index (χ3n) is 4.96. The maximum absolute atomic E-state index is 10.2. The number of aryl methyl sites for hydroxylation is 1. The van der Waals surface area contributed by atoms with Crippen molar-refractivity contribution in [2.45, 2.75) is 55.6 Å². The van der Waals surface area contributed by atoms with Crippen molar-refractivity contribution in [2.24, 2.45) is 0 Å². The van der Waals surface area contributed by atoms with Crippen LogP contribution in [0.1, 0.15) is 5.56 Å². The smallest absolute Gasteiger partial charge is 0.229 e. The first-order chi connectivity index (χ1) is 13.6. The number of hydrogen-bond donors (Lipinski definition) is 7. The van der Waals surface area contributed by atoms with Crippen molar-refractivity contribution >= 4 is 0 Å². The zero-order valence-electron chi connectivity index (χ0n) is 15.7. The Morgan fingerprint density at radius 2 is 1.79 bits per heavy atom. The number of rotatable bonds is 6. The summed E-state index contributed by atoms with van der Waals surface area (Å²) in [7, 11) is 0. The molecule has 1 aromatic rings. The number of hydrogen-bond acceptors (Lipinski definition) is 11. The van der Waals surface area contributed by atoms with Gasteiger partial charge in [0.25, 0.3) is 0 Å². The van der Waals surface area contributed by atoms with Crippen LogP contribution in [0.25, 0.3) is 0 Å². The minimum absolute atomic E-state index is 0.0606. The third kappa shape index (κ3) is 4.63. The van der Waals surface area contributed by atoms with E-state index in [-0.39, 0.29) is 24.7 Å². The number of aliphatic hydroxyl groups excluding tert-OH is 5. The van der Waals surface area contributed by atoms with Gasteiger partial charge in [0, 0.05) is 6.07 Å². The lowest BCUT2D eigenvalue weighted by atomic mass is 9.99. The molecule has 0 amide bonds. The van der Waals surface area contributed by atoms with E-state index in [1.54, 1.807) is 13.0 Å². The quantitative estimate of drug-likeness (QED) is 0.256. The molecule has 11 nitrogen and oxygen atoms in total. The molecular formula is C18H26O11. The molecule has 2 heterocycles. The van der Waals surface area contributed by atoms with E-state index in [9.17, 15) is 30.6 Å². The Labute approximate surface area is 166 Å². The molecule has 7 N–H and O–H groups in total. The molecule has 0 aromatic heterocycles. The number of phenols is 1. The summed E-state index contributed by atoms with van der Waals surface area (Å²) in [6.45, 7) is 0.252. The van der Waals surface area contributed by atoms with Gasteiger partial charge in [0.05, 0.1) is 19.8 Å². The highest BCUT2D eigenvalue weighted by molar-refractivity contribution is 5.37. The van der Waals surface area contributed by atoms with Crippen molar-refractivity contribution in [3.05, 3.63) is 23.8 Å². The van der Waals surface area contributed by atoms with Crippen LogP contribution in [0.15, 0.2) is 18.2 Å². The van der Waals surface area contributed by atoms with Crippen LogP contribution in [-0.2, 0) is 14.2 Å². The van der Waals surface area contributed by atoms with Gasteiger partial charge in [-0.1, -0.05) is 0 Å². The molecule has 0 aliphatic carbocycles. The van der Waals surface area contributed by atoms with E-state index in [0.717, 1.165) is 0 Å². The highest BCUT2D eigenvalue weighted by Crippen LogP contribution is 2.29. The number of phenolic OH excluding ortho intramolecular Hbond substituents is 1. The first-order valence-electron chi connectivity index (χ1n) is 9.06. The van der Waals surface area contributed by atoms with E-state index >= 15 is 0 Å². The summed E-state index contributed by atoms with van der Waals surface area (Å²) in [6.07, 6.45) is -10.1. The normalized spacial score (nSPS) is 40.2. The number of benzene rings is 1. The molecule has 2 saturated heterocycles. The monoisotopic (exact) mass is 418 g/mol. The second-order valence-corrected chi connectivity index (χ2v) is 7.36. The van der Waals surface area contributed by atoms with Gasteiger partial charge in [-0.25, -0.2) is 0 Å². The summed E-state index contributed by atoms with van der Waals surface area (Å²) in [4.78, 5) is 0. The molecule has 0 spiro atoms. The Hall–Kier alpha value is -1.54. The first kappa shape index (κ1) is 22.2. The summed E-state index contributed by atoms with van der Waals surface area (Å²) in [5.74, 6) is 0.117. The van der Waals surface area contributed by atoms with Crippen LogP contribution in [0.5, 0.6) is 11.5 Å². The second-order valence-electron chi connectivity index (χ2n) is 7.36. The van der Waals surface area contributed by atoms with Crippen LogP contribution in [0.3, 0.4) is 0 Å². The molecule has 11 heteroatoms. The van der Waals surface area contributed by atoms with Crippen molar-refractivity contribution in [1.29, 1.82) is 0 Å². The van der Waals surface area contributed by atoms with Gasteiger partial charge >= 0.3 is 0 Å². The lowest BCUT2D eigenvalue weighted by Crippen LogP contribution is -2.60. The fraction of sp³-hybridized carbons (Fsp3) is 0.667. The van der Waals surface area contributed by atoms with Gasteiger partial charge in [-0.2, -0.15) is 0 Å². The van der Waals surface area contributed by atoms with E-state index in [2.05, 4.69) is 0 Å². The predicted molar refractivity (Wildman–Crippen MR) is 93.9 cm³/mol. The summed E-state index contributed by atoms with van der Waals surface area (Å²) in [5, 5.41) is 69.2. The Bertz CT molecular complexity index is 680. The molecule has 2 fully saturated rings. The number of aromatic hydroxyl groups is 1. The SMILES string of the molecule is Cc1cc(O)cc(O[C@@H]2O[C@H](CO[C@@H]3OC[C@@](O)(CO)[C@H]3O)[C@@H](O)[C@H](O)[C@H]2O)c1. The molecule has 0 bridgehead atoms. The van der Waals surface area contributed by atoms with E-state index < -0.39 is 55.3 Å². The molecule has 29 heavy (non-hydrogen) atoms. The molecule has 0 radical (unpaired) electrons. The fourth-order valence-electron chi connectivity index (χ4n) is 3.21. The standard InChI is InChI=1S/C18H26O11/c1-8-2-9(20)4-10(3-8)28-16-14(23)13(22)12(21)11(29-16)5-26-17-15(24)18(25,6-19)7-27-17/h2-4,11-17,19-25H,5-7H2,1H3/t11-,12-,13+,14-,15+,16-,17-,18+/m1/s1. The van der Waals surface area contributed by atoms with E-state index in [0.29, 0.717) is 5.56 Å². The van der Waals surface area contributed by atoms with Gasteiger partial charge in [-0.3, -0.25) is 0 Å². The summed E-state index contributed by atoms with van der Waals surface area (Å²) < 4.78 is 21.4. The molecule has 1 aromatic carbocycles. The maximum atomic E-state index is 10.2. The predicted octanol–water partition coefficient (Wildman–Crippen LogP) is -2.66. The van der Waals surface area contributed by atoms with Crippen molar-refractivity contribution in [2.75, 3.05) is 19.8 Å². The zero-order valence-corrected chi connectivity index (χ0v) is 15.7. The average molecular weight is 418 g/mol. The summed E-state index contributed by atoms with van der Waals surface area (Å²) >= 11 is 0. The van der Waals surface area contributed by atoms with Crippen LogP contribution in [-0.4, -0.2) is 104 Å². The largest absolute Gasteiger partial charge is 0.508 e. The summed E-state index contributed by atoms with van der Waals surface area (Å²) in [6, 6.07) is 4.38. The molecule has 0 unspecified atom stereocenters. The van der Waals surface area contributed by atoms with Crippen molar-refractivity contribution in [3.8, 4) is 11.5 Å². The van der Waals surface area contributed by atoms with Crippen LogP contribution >= 0.6 is 0 Å². The molecule has 8 atom stereocenters. The summed E-state index contributed by atoms with van der Waals surface area (Å²) in [5.41, 5.74) is -1.18. The lowest BCUT2D eigenvalue weighted by Gasteiger charge is -2.40. The van der Waals surface area contributed by atoms with E-state index in [4.69, 9.17) is 24.1 Å². The third-order valence-corrected chi connectivity index (χ3v) is 4.96. The molecule has 2 aliphatic heterocycles. The molecule has 0 saturated carbocycles. The van der Waals surface area contributed by atoms with Gasteiger partial charge < -0.3 is 54.7 Å². The first-order valence-corrected chi connectivity index (χ1v) is 9.06. The molecular weight excluding hydrogens is 392 g/mol. The lowest BCUT2D eigenvalue weighted by molar-refractivity contribution is -0.289. The maximum Gasteiger partial charge on any atom is 0.229 e. The van der Waals surface area contributed by atoms with Gasteiger partial charge in [-0.15, -0.1) is 0 Å². The fourth-order valence-corrected chi connectivity index (χ4v) is 3.21. The van der Waals surface area contributed by atoms with Crippen molar-refractivity contribution in [3.63, 3.8) is 0 Å². The number of aliphatic hydroxyl groups is 6. The molecule has 2 aliphatic rings. The van der Waals surface area contributed by atoms with Crippen LogP contribution < -0.4 is 4.74 Å². The Morgan fingerprint density at radius 1 is 1.07 bits per heavy atom. The van der Waals surface area contributed by atoms with Crippen LogP contribution in [0.2, 0.25) is 0 Å². The highest BCUT2D eigenvalue weighted by Gasteiger charge is 2.50. The topological polar surface area (TPSA) is 179 Å². The zero-order chi connectivity index (χ0) is 21.3. The van der Waals surface area contributed by atoms with Gasteiger partial charge in [0.2, 0.25) is 6.29 Å². The Morgan fingerprint density at radius 3 is 2.41 bits per heavy atom. The van der Waals surface area contributed by atoms with E-state index in [1.165, 1.54) is 12.1 Å². The van der Waals surface area contributed by atoms with Gasteiger partial charge in [0.15, 0.2) is 6.29 Å². The highest BCUT2D eigenvalue weighted by atomic mass is 16.7. The Balaban J connectivity index is 1.64. The minimum Gasteiger partial charge on any atom is -0.508 e. The van der Waals surface area contributed by atoms with E-state index in [1.807, 2.05) is 0 Å². The van der Waals surface area contributed by atoms with Crippen LogP contribution in [0.4, 0.5) is 0 Å². The Kier molecular flexibility index (Phi) is 6.63. The van der Waals surface area contributed by atoms with Crippen LogP contribution in [0, 0.1) is 6.92 Å². The number of ether oxygens (including phenoxy) is 4.